The topological polar surface area (TPSA) is 80.9 Å². The molecule has 0 heterocycles. The third kappa shape index (κ3) is 4.35. The van der Waals surface area contributed by atoms with Crippen LogP contribution in [0.15, 0.2) is 40.9 Å². The molecule has 0 atom stereocenters. The third-order valence-electron chi connectivity index (χ3n) is 2.58. The fourth-order valence-corrected chi connectivity index (χ4v) is 1.84. The number of phenolic OH excluding ortho intramolecular Hbond substituents is 4. The molecule has 108 valence electrons. The van der Waals surface area contributed by atoms with Crippen molar-refractivity contribution in [3.63, 3.8) is 0 Å². The van der Waals surface area contributed by atoms with E-state index in [1.807, 2.05) is 6.92 Å². The number of halogens is 1. The number of hydrogen-bond acceptors (Lipinski definition) is 4. The van der Waals surface area contributed by atoms with Crippen molar-refractivity contribution in [3.8, 4) is 23.0 Å². The quantitative estimate of drug-likeness (QED) is 0.668. The lowest BCUT2D eigenvalue weighted by molar-refractivity contribution is 0.437. The molecule has 0 saturated heterocycles. The van der Waals surface area contributed by atoms with Crippen molar-refractivity contribution < 1.29 is 20.4 Å². The van der Waals surface area contributed by atoms with Crippen LogP contribution in [0.2, 0.25) is 0 Å². The van der Waals surface area contributed by atoms with Gasteiger partial charge < -0.3 is 20.4 Å². The van der Waals surface area contributed by atoms with Crippen LogP contribution in [0.25, 0.3) is 0 Å². The summed E-state index contributed by atoms with van der Waals surface area (Å²) in [5.74, 6) is 0.476. The molecule has 0 bridgehead atoms. The molecule has 0 unspecified atom stereocenters. The van der Waals surface area contributed by atoms with Crippen molar-refractivity contribution in [2.75, 3.05) is 0 Å². The van der Waals surface area contributed by atoms with Crippen LogP contribution in [0, 0.1) is 0 Å². The maximum absolute atomic E-state index is 9.26. The highest BCUT2D eigenvalue weighted by molar-refractivity contribution is 9.10. The van der Waals surface area contributed by atoms with E-state index in [0.717, 1.165) is 12.8 Å². The first kappa shape index (κ1) is 16.2. The van der Waals surface area contributed by atoms with Crippen LogP contribution in [0.4, 0.5) is 0 Å². The summed E-state index contributed by atoms with van der Waals surface area (Å²) in [6.07, 6.45) is 1.64. The minimum atomic E-state index is 0.0509. The van der Waals surface area contributed by atoms with Gasteiger partial charge in [0.25, 0.3) is 0 Å². The number of rotatable bonds is 2. The summed E-state index contributed by atoms with van der Waals surface area (Å²) in [7, 11) is 0. The van der Waals surface area contributed by atoms with Crippen molar-refractivity contribution in [2.45, 2.75) is 19.8 Å². The Hall–Kier alpha value is -1.88. The summed E-state index contributed by atoms with van der Waals surface area (Å²) in [4.78, 5) is 0. The molecule has 20 heavy (non-hydrogen) atoms. The predicted octanol–water partition coefficient (Wildman–Crippen LogP) is 3.91. The van der Waals surface area contributed by atoms with E-state index in [-0.39, 0.29) is 23.0 Å². The van der Waals surface area contributed by atoms with Crippen LogP contribution in [0.1, 0.15) is 18.9 Å². The molecule has 0 fully saturated rings. The second-order valence-corrected chi connectivity index (χ2v) is 4.93. The largest absolute Gasteiger partial charge is 0.508 e. The fraction of sp³-hybridized carbons (Fsp3) is 0.200. The standard InChI is InChI=1S/C9H12O2.C6H5BrO2/c1-2-4-7-8(10)5-3-6-9(7)11;7-6-4(8)2-1-3-5(6)9/h3,5-6,10-11H,2,4H2,1H3;1-3,8-9H. The monoisotopic (exact) mass is 340 g/mol. The zero-order chi connectivity index (χ0) is 15.1. The molecule has 4 nitrogen and oxygen atoms in total. The van der Waals surface area contributed by atoms with Crippen molar-refractivity contribution >= 4 is 15.9 Å². The first-order valence-corrected chi connectivity index (χ1v) is 6.93. The van der Waals surface area contributed by atoms with Crippen LogP contribution in [-0.2, 0) is 6.42 Å². The maximum atomic E-state index is 9.26. The van der Waals surface area contributed by atoms with E-state index in [0.29, 0.717) is 10.0 Å². The van der Waals surface area contributed by atoms with Gasteiger partial charge in [-0.3, -0.25) is 0 Å². The van der Waals surface area contributed by atoms with Crippen molar-refractivity contribution in [1.82, 2.24) is 0 Å². The lowest BCUT2D eigenvalue weighted by atomic mass is 10.1. The Kier molecular flexibility index (Phi) is 6.18. The summed E-state index contributed by atoms with van der Waals surface area (Å²) in [5.41, 5.74) is 0.648. The van der Waals surface area contributed by atoms with Crippen molar-refractivity contribution in [3.05, 3.63) is 46.4 Å². The summed E-state index contributed by atoms with van der Waals surface area (Å²) in [5, 5.41) is 36.3. The zero-order valence-electron chi connectivity index (χ0n) is 11.0. The molecule has 0 amide bonds. The van der Waals surface area contributed by atoms with E-state index in [4.69, 9.17) is 10.2 Å². The van der Waals surface area contributed by atoms with Gasteiger partial charge in [0.2, 0.25) is 0 Å². The Labute approximate surface area is 126 Å². The van der Waals surface area contributed by atoms with Gasteiger partial charge in [-0.05, 0) is 46.6 Å². The Morgan fingerprint density at radius 3 is 1.55 bits per heavy atom. The highest BCUT2D eigenvalue weighted by atomic mass is 79.9. The van der Waals surface area contributed by atoms with Gasteiger partial charge in [-0.2, -0.15) is 0 Å². The van der Waals surface area contributed by atoms with Gasteiger partial charge in [-0.15, -0.1) is 0 Å². The molecule has 0 aliphatic rings. The molecule has 5 heteroatoms. The number of phenols is 4. The summed E-state index contributed by atoms with van der Waals surface area (Å²) >= 11 is 2.98. The first-order valence-electron chi connectivity index (χ1n) is 6.13. The van der Waals surface area contributed by atoms with Gasteiger partial charge in [-0.1, -0.05) is 25.5 Å². The molecule has 0 aromatic heterocycles. The number of hydrogen-bond donors (Lipinski definition) is 4. The van der Waals surface area contributed by atoms with Gasteiger partial charge in [0, 0.05) is 5.56 Å². The highest BCUT2D eigenvalue weighted by Gasteiger charge is 2.03. The molecular weight excluding hydrogens is 324 g/mol. The Balaban J connectivity index is 0.000000204. The highest BCUT2D eigenvalue weighted by Crippen LogP contribution is 2.31. The number of aromatic hydroxyl groups is 4. The van der Waals surface area contributed by atoms with Crippen LogP contribution in [-0.4, -0.2) is 20.4 Å². The SMILES string of the molecule is CCCc1c(O)cccc1O.Oc1cccc(O)c1Br. The molecule has 2 aromatic rings. The molecule has 2 aromatic carbocycles. The van der Waals surface area contributed by atoms with Gasteiger partial charge in [0.15, 0.2) is 0 Å². The Morgan fingerprint density at radius 1 is 0.800 bits per heavy atom. The molecule has 0 spiro atoms. The van der Waals surface area contributed by atoms with Gasteiger partial charge >= 0.3 is 0 Å². The minimum Gasteiger partial charge on any atom is -0.508 e. The van der Waals surface area contributed by atoms with Gasteiger partial charge in [-0.25, -0.2) is 0 Å². The molecule has 2 rings (SSSR count). The zero-order valence-corrected chi connectivity index (χ0v) is 12.6. The van der Waals surface area contributed by atoms with E-state index in [2.05, 4.69) is 15.9 Å². The van der Waals surface area contributed by atoms with E-state index in [1.54, 1.807) is 24.3 Å². The number of benzene rings is 2. The van der Waals surface area contributed by atoms with Crippen LogP contribution in [0.3, 0.4) is 0 Å². The summed E-state index contributed by atoms with van der Waals surface area (Å²) in [6.45, 7) is 2.01. The third-order valence-corrected chi connectivity index (χ3v) is 3.40. The summed E-state index contributed by atoms with van der Waals surface area (Å²) < 4.78 is 0.338. The second kappa shape index (κ2) is 7.65. The fourth-order valence-electron chi connectivity index (χ4n) is 1.58. The van der Waals surface area contributed by atoms with Crippen molar-refractivity contribution in [1.29, 1.82) is 0 Å². The first-order chi connectivity index (χ1) is 9.47. The molecule has 4 N–H and O–H groups in total. The van der Waals surface area contributed by atoms with E-state index in [9.17, 15) is 10.2 Å². The smallest absolute Gasteiger partial charge is 0.133 e. The molecule has 0 aliphatic heterocycles. The van der Waals surface area contributed by atoms with Crippen LogP contribution < -0.4 is 0 Å². The lowest BCUT2D eigenvalue weighted by Crippen LogP contribution is -1.84. The van der Waals surface area contributed by atoms with Crippen molar-refractivity contribution in [2.24, 2.45) is 0 Å². The lowest BCUT2D eigenvalue weighted by Gasteiger charge is -2.03. The summed E-state index contributed by atoms with van der Waals surface area (Å²) in [6, 6.07) is 9.35. The van der Waals surface area contributed by atoms with E-state index in [1.165, 1.54) is 12.1 Å². The second-order valence-electron chi connectivity index (χ2n) is 4.14. The molecule has 0 radical (unpaired) electrons. The average Bonchev–Trinajstić information content (AvgIpc) is 2.41. The van der Waals surface area contributed by atoms with Crippen LogP contribution >= 0.6 is 15.9 Å². The van der Waals surface area contributed by atoms with Gasteiger partial charge in [0.1, 0.15) is 27.5 Å². The van der Waals surface area contributed by atoms with Crippen LogP contribution in [0.5, 0.6) is 23.0 Å². The Morgan fingerprint density at radius 2 is 1.20 bits per heavy atom. The average molecular weight is 341 g/mol. The predicted molar refractivity (Wildman–Crippen MR) is 81.2 cm³/mol. The van der Waals surface area contributed by atoms with Gasteiger partial charge in [0.05, 0.1) is 0 Å². The molecular formula is C15H17BrO4. The minimum absolute atomic E-state index is 0.0509. The molecule has 0 aliphatic carbocycles. The Bertz CT molecular complexity index is 529. The van der Waals surface area contributed by atoms with E-state index < -0.39 is 0 Å². The molecule has 0 saturated carbocycles. The van der Waals surface area contributed by atoms with E-state index >= 15 is 0 Å². The normalized spacial score (nSPS) is 9.70. The maximum Gasteiger partial charge on any atom is 0.133 e.